The summed E-state index contributed by atoms with van der Waals surface area (Å²) in [7, 11) is 0. The van der Waals surface area contributed by atoms with Crippen LogP contribution in [0.25, 0.3) is 5.82 Å². The molecule has 3 N–H and O–H groups in total. The maximum absolute atomic E-state index is 10.9. The normalized spacial score (nSPS) is 16.8. The van der Waals surface area contributed by atoms with Crippen LogP contribution in [0.15, 0.2) is 36.2 Å². The van der Waals surface area contributed by atoms with Gasteiger partial charge in [-0.2, -0.15) is 20.0 Å². The summed E-state index contributed by atoms with van der Waals surface area (Å²) in [5.41, 5.74) is 6.64. The predicted molar refractivity (Wildman–Crippen MR) is 72.5 cm³/mol. The summed E-state index contributed by atoms with van der Waals surface area (Å²) in [5.74, 6) is 0.531. The zero-order valence-electron chi connectivity index (χ0n) is 10.6. The van der Waals surface area contributed by atoms with Crippen LogP contribution >= 0.6 is 0 Å². The maximum Gasteiger partial charge on any atom is 0.269 e. The molecule has 0 saturated carbocycles. The van der Waals surface area contributed by atoms with Crippen molar-refractivity contribution >= 4 is 17.5 Å². The largest absolute Gasteiger partial charge is 0.383 e. The van der Waals surface area contributed by atoms with Gasteiger partial charge in [0.2, 0.25) is 5.95 Å². The Kier molecular flexibility index (Phi) is 2.77. The first-order chi connectivity index (χ1) is 10.1. The summed E-state index contributed by atoms with van der Waals surface area (Å²) >= 11 is 0. The molecule has 1 aliphatic heterocycles. The fourth-order valence-electron chi connectivity index (χ4n) is 2.17. The van der Waals surface area contributed by atoms with Gasteiger partial charge < -0.3 is 11.1 Å². The van der Waals surface area contributed by atoms with Crippen molar-refractivity contribution in [3.63, 3.8) is 0 Å². The molecule has 0 amide bonds. The number of benzene rings is 1. The molecule has 0 aliphatic carbocycles. The minimum atomic E-state index is -0.605. The Morgan fingerprint density at radius 2 is 2.33 bits per heavy atom. The van der Waals surface area contributed by atoms with Crippen LogP contribution in [0.5, 0.6) is 0 Å². The van der Waals surface area contributed by atoms with Crippen LogP contribution in [0.4, 0.5) is 11.6 Å². The van der Waals surface area contributed by atoms with E-state index in [1.54, 1.807) is 12.1 Å². The van der Waals surface area contributed by atoms with E-state index in [0.717, 1.165) is 0 Å². The molecule has 2 heterocycles. The molecule has 0 fully saturated rings. The van der Waals surface area contributed by atoms with Crippen molar-refractivity contribution in [2.24, 2.45) is 5.73 Å². The van der Waals surface area contributed by atoms with E-state index >= 15 is 0 Å². The number of aromatic nitrogens is 3. The second kappa shape index (κ2) is 4.61. The number of nitrogens with zero attached hydrogens (tertiary/aromatic N) is 5. The van der Waals surface area contributed by atoms with E-state index in [2.05, 4.69) is 15.4 Å². The average Bonchev–Trinajstić information content (AvgIpc) is 2.96. The monoisotopic (exact) mass is 283 g/mol. The molecule has 2 aromatic rings. The van der Waals surface area contributed by atoms with E-state index < -0.39 is 11.0 Å². The van der Waals surface area contributed by atoms with Gasteiger partial charge in [0.25, 0.3) is 5.69 Å². The fraction of sp³-hybridized carbons (Fsp3) is 0.0833. The smallest absolute Gasteiger partial charge is 0.269 e. The van der Waals surface area contributed by atoms with E-state index in [1.165, 1.54) is 23.1 Å². The van der Waals surface area contributed by atoms with Crippen molar-refractivity contribution in [1.29, 1.82) is 5.26 Å². The molecule has 0 bridgehead atoms. The van der Waals surface area contributed by atoms with Crippen molar-refractivity contribution in [1.82, 2.24) is 14.8 Å². The van der Waals surface area contributed by atoms with Crippen molar-refractivity contribution in [2.75, 3.05) is 5.32 Å². The number of anilines is 1. The molecule has 1 aliphatic rings. The molecule has 1 aromatic carbocycles. The number of nitro benzene ring substituents is 1. The lowest BCUT2D eigenvalue weighted by Crippen LogP contribution is -2.27. The van der Waals surface area contributed by atoms with Crippen LogP contribution < -0.4 is 11.1 Å². The molecule has 104 valence electrons. The standard InChI is InChI=1S/C12H9N7O2/c13-5-9-10(7-2-1-3-8(4-7)19(20)21)17-12-15-6-16-18(12)11(9)14/h1-4,6,10H,14H2,(H,15,16,17)/t10-/m1/s1. The number of hydrogen-bond acceptors (Lipinski definition) is 7. The van der Waals surface area contributed by atoms with Crippen LogP contribution in [-0.2, 0) is 0 Å². The predicted octanol–water partition coefficient (Wildman–Crippen LogP) is 1.00. The third-order valence-electron chi connectivity index (χ3n) is 3.15. The van der Waals surface area contributed by atoms with Gasteiger partial charge in [-0.05, 0) is 5.56 Å². The van der Waals surface area contributed by atoms with Gasteiger partial charge in [0.1, 0.15) is 18.2 Å². The van der Waals surface area contributed by atoms with E-state index in [4.69, 9.17) is 5.73 Å². The number of nitrogens with two attached hydrogens (primary N) is 1. The lowest BCUT2D eigenvalue weighted by atomic mass is 9.98. The van der Waals surface area contributed by atoms with Gasteiger partial charge in [0.05, 0.1) is 16.5 Å². The Morgan fingerprint density at radius 1 is 1.52 bits per heavy atom. The summed E-state index contributed by atoms with van der Waals surface area (Å²) in [5, 5.41) is 27.1. The molecule has 0 radical (unpaired) electrons. The first kappa shape index (κ1) is 12.6. The Bertz CT molecular complexity index is 802. The second-order valence-electron chi connectivity index (χ2n) is 4.34. The molecule has 0 spiro atoms. The average molecular weight is 283 g/mol. The molecular formula is C12H9N7O2. The van der Waals surface area contributed by atoms with Crippen molar-refractivity contribution < 1.29 is 4.92 Å². The Labute approximate surface area is 118 Å². The Morgan fingerprint density at radius 3 is 3.05 bits per heavy atom. The quantitative estimate of drug-likeness (QED) is 0.619. The highest BCUT2D eigenvalue weighted by molar-refractivity contribution is 5.65. The number of non-ortho nitro benzene ring substituents is 1. The summed E-state index contributed by atoms with van der Waals surface area (Å²) in [6, 6.07) is 7.43. The summed E-state index contributed by atoms with van der Waals surface area (Å²) in [4.78, 5) is 14.4. The molecule has 1 atom stereocenters. The summed E-state index contributed by atoms with van der Waals surface area (Å²) in [6.07, 6.45) is 1.31. The number of nitro groups is 1. The maximum atomic E-state index is 10.9. The van der Waals surface area contributed by atoms with Crippen LogP contribution in [0.1, 0.15) is 11.6 Å². The van der Waals surface area contributed by atoms with Crippen LogP contribution in [0, 0.1) is 21.4 Å². The zero-order chi connectivity index (χ0) is 15.0. The lowest BCUT2D eigenvalue weighted by molar-refractivity contribution is -0.384. The summed E-state index contributed by atoms with van der Waals surface area (Å²) < 4.78 is 1.31. The van der Waals surface area contributed by atoms with Crippen LogP contribution in [0.2, 0.25) is 0 Å². The molecular weight excluding hydrogens is 274 g/mol. The molecule has 9 nitrogen and oxygen atoms in total. The van der Waals surface area contributed by atoms with Crippen molar-refractivity contribution in [3.8, 4) is 6.07 Å². The van der Waals surface area contributed by atoms with Crippen molar-refractivity contribution in [2.45, 2.75) is 6.04 Å². The second-order valence-corrected chi connectivity index (χ2v) is 4.34. The molecule has 1 aromatic heterocycles. The van der Waals surface area contributed by atoms with Gasteiger partial charge >= 0.3 is 0 Å². The first-order valence-corrected chi connectivity index (χ1v) is 5.93. The van der Waals surface area contributed by atoms with E-state index in [0.29, 0.717) is 11.5 Å². The minimum Gasteiger partial charge on any atom is -0.383 e. The van der Waals surface area contributed by atoms with E-state index in [1.807, 2.05) is 6.07 Å². The molecule has 9 heteroatoms. The number of nitriles is 1. The van der Waals surface area contributed by atoms with Crippen molar-refractivity contribution in [3.05, 3.63) is 51.8 Å². The number of rotatable bonds is 2. The third kappa shape index (κ3) is 1.95. The molecule has 0 unspecified atom stereocenters. The Balaban J connectivity index is 2.11. The number of nitrogens with one attached hydrogen (secondary N) is 1. The summed E-state index contributed by atoms with van der Waals surface area (Å²) in [6.45, 7) is 0. The van der Waals surface area contributed by atoms with Gasteiger partial charge in [-0.15, -0.1) is 0 Å². The molecule has 0 saturated heterocycles. The van der Waals surface area contributed by atoms with Gasteiger partial charge in [-0.1, -0.05) is 12.1 Å². The number of hydrogen-bond donors (Lipinski definition) is 2. The van der Waals surface area contributed by atoms with Gasteiger partial charge in [-0.3, -0.25) is 10.1 Å². The highest BCUT2D eigenvalue weighted by atomic mass is 16.6. The minimum absolute atomic E-state index is 0.0581. The fourth-order valence-corrected chi connectivity index (χ4v) is 2.17. The third-order valence-corrected chi connectivity index (χ3v) is 3.15. The highest BCUT2D eigenvalue weighted by Crippen LogP contribution is 2.33. The first-order valence-electron chi connectivity index (χ1n) is 5.93. The van der Waals surface area contributed by atoms with Gasteiger partial charge in [-0.25, -0.2) is 0 Å². The van der Waals surface area contributed by atoms with Gasteiger partial charge in [0.15, 0.2) is 0 Å². The topological polar surface area (TPSA) is 136 Å². The Hall–Kier alpha value is -3.41. The zero-order valence-corrected chi connectivity index (χ0v) is 10.6. The number of fused-ring (bicyclic) bond motifs is 1. The van der Waals surface area contributed by atoms with Crippen LogP contribution in [-0.4, -0.2) is 19.7 Å². The SMILES string of the molecule is N#CC1=C(N)n2ncnc2N[C@@H]1c1cccc([N+](=O)[O-])c1. The lowest BCUT2D eigenvalue weighted by Gasteiger charge is -2.25. The van der Waals surface area contributed by atoms with E-state index in [9.17, 15) is 15.4 Å². The van der Waals surface area contributed by atoms with Gasteiger partial charge in [0, 0.05) is 12.1 Å². The highest BCUT2D eigenvalue weighted by Gasteiger charge is 2.29. The van der Waals surface area contributed by atoms with E-state index in [-0.39, 0.29) is 17.1 Å². The molecule has 21 heavy (non-hydrogen) atoms. The molecule has 3 rings (SSSR count). The van der Waals surface area contributed by atoms with Crippen LogP contribution in [0.3, 0.4) is 0 Å².